The first-order valence-electron chi connectivity index (χ1n) is 6.67. The summed E-state index contributed by atoms with van der Waals surface area (Å²) < 4.78 is 5.54. The molecule has 1 aliphatic heterocycles. The summed E-state index contributed by atoms with van der Waals surface area (Å²) in [6.45, 7) is 3.30. The molecule has 0 aromatic heterocycles. The Kier molecular flexibility index (Phi) is 4.22. The lowest BCUT2D eigenvalue weighted by atomic mass is 9.89. The molecular formula is C13H23NO2. The van der Waals surface area contributed by atoms with E-state index in [1.54, 1.807) is 0 Å². The van der Waals surface area contributed by atoms with E-state index in [0.717, 1.165) is 31.7 Å². The van der Waals surface area contributed by atoms with Crippen molar-refractivity contribution in [3.63, 3.8) is 0 Å². The lowest BCUT2D eigenvalue weighted by Gasteiger charge is -2.26. The third kappa shape index (κ3) is 3.48. The molecule has 1 heterocycles. The van der Waals surface area contributed by atoms with Crippen molar-refractivity contribution in [3.05, 3.63) is 0 Å². The van der Waals surface area contributed by atoms with E-state index in [9.17, 15) is 4.79 Å². The zero-order chi connectivity index (χ0) is 11.4. The predicted molar refractivity (Wildman–Crippen MR) is 63.2 cm³/mol. The van der Waals surface area contributed by atoms with E-state index in [1.165, 1.54) is 19.3 Å². The fraction of sp³-hybridized carbons (Fsp3) is 0.923. The van der Waals surface area contributed by atoms with E-state index in [0.29, 0.717) is 12.5 Å². The number of ether oxygens (including phenoxy) is 1. The van der Waals surface area contributed by atoms with Crippen LogP contribution in [0.2, 0.25) is 0 Å². The zero-order valence-electron chi connectivity index (χ0n) is 10.2. The highest BCUT2D eigenvalue weighted by molar-refractivity contribution is 5.70. The summed E-state index contributed by atoms with van der Waals surface area (Å²) in [6, 6.07) is 0.369. The van der Waals surface area contributed by atoms with Gasteiger partial charge in [0, 0.05) is 6.04 Å². The van der Waals surface area contributed by atoms with Crippen molar-refractivity contribution in [2.24, 2.45) is 5.92 Å². The smallest absolute Gasteiger partial charge is 0.307 e. The lowest BCUT2D eigenvalue weighted by Crippen LogP contribution is -2.29. The molecule has 0 aromatic rings. The quantitative estimate of drug-likeness (QED) is 0.749. The first kappa shape index (κ1) is 11.9. The van der Waals surface area contributed by atoms with Gasteiger partial charge in [-0.05, 0) is 44.6 Å². The number of carbonyl (C=O) groups is 1. The Balaban J connectivity index is 1.69. The fourth-order valence-electron chi connectivity index (χ4n) is 2.85. The molecule has 0 spiro atoms. The summed E-state index contributed by atoms with van der Waals surface area (Å²) in [6.07, 6.45) is 7.69. The molecule has 2 fully saturated rings. The Morgan fingerprint density at radius 1 is 1.31 bits per heavy atom. The van der Waals surface area contributed by atoms with Gasteiger partial charge in [-0.2, -0.15) is 0 Å². The van der Waals surface area contributed by atoms with E-state index in [1.807, 2.05) is 0 Å². The monoisotopic (exact) mass is 225 g/mol. The van der Waals surface area contributed by atoms with Gasteiger partial charge in [0.1, 0.15) is 6.10 Å². The summed E-state index contributed by atoms with van der Waals surface area (Å²) in [4.78, 5) is 11.7. The molecule has 0 aromatic carbocycles. The first-order valence-corrected chi connectivity index (χ1v) is 6.67. The fourth-order valence-corrected chi connectivity index (χ4v) is 2.85. The molecule has 2 rings (SSSR count). The zero-order valence-corrected chi connectivity index (χ0v) is 10.2. The van der Waals surface area contributed by atoms with Crippen LogP contribution in [0.5, 0.6) is 0 Å². The molecular weight excluding hydrogens is 202 g/mol. The second-order valence-electron chi connectivity index (χ2n) is 5.38. The molecule has 0 radical (unpaired) electrons. The normalized spacial score (nSPS) is 34.9. The van der Waals surface area contributed by atoms with Crippen LogP contribution in [0.15, 0.2) is 0 Å². The van der Waals surface area contributed by atoms with Gasteiger partial charge in [0.05, 0.1) is 6.42 Å². The second kappa shape index (κ2) is 5.67. The maximum absolute atomic E-state index is 11.7. The largest absolute Gasteiger partial charge is 0.462 e. The van der Waals surface area contributed by atoms with Crippen LogP contribution < -0.4 is 5.32 Å². The number of esters is 1. The summed E-state index contributed by atoms with van der Waals surface area (Å²) in [5, 5.41) is 3.33. The van der Waals surface area contributed by atoms with Crippen molar-refractivity contribution in [1.82, 2.24) is 5.32 Å². The van der Waals surface area contributed by atoms with Crippen LogP contribution in [0.4, 0.5) is 0 Å². The standard InChI is InChI=1S/C13H23NO2/c1-10-4-2-6-12(8-10)16-13(15)9-11-5-3-7-14-11/h10-12,14H,2-9H2,1H3. The molecule has 1 saturated heterocycles. The minimum Gasteiger partial charge on any atom is -0.462 e. The number of nitrogens with one attached hydrogen (secondary N) is 1. The lowest BCUT2D eigenvalue weighted by molar-refractivity contribution is -0.151. The van der Waals surface area contributed by atoms with E-state index < -0.39 is 0 Å². The summed E-state index contributed by atoms with van der Waals surface area (Å²) in [5.41, 5.74) is 0. The minimum atomic E-state index is -0.00139. The summed E-state index contributed by atoms with van der Waals surface area (Å²) in [5.74, 6) is 0.717. The second-order valence-corrected chi connectivity index (χ2v) is 5.38. The van der Waals surface area contributed by atoms with Gasteiger partial charge in [-0.25, -0.2) is 0 Å². The molecule has 0 amide bonds. The number of rotatable bonds is 3. The van der Waals surface area contributed by atoms with Crippen molar-refractivity contribution in [3.8, 4) is 0 Å². The van der Waals surface area contributed by atoms with Gasteiger partial charge in [0.15, 0.2) is 0 Å². The molecule has 2 aliphatic rings. The maximum atomic E-state index is 11.7. The van der Waals surface area contributed by atoms with Crippen LogP contribution in [-0.2, 0) is 9.53 Å². The van der Waals surface area contributed by atoms with Crippen LogP contribution in [-0.4, -0.2) is 24.7 Å². The molecule has 92 valence electrons. The molecule has 3 unspecified atom stereocenters. The van der Waals surface area contributed by atoms with Gasteiger partial charge in [-0.3, -0.25) is 4.79 Å². The Morgan fingerprint density at radius 3 is 2.88 bits per heavy atom. The Morgan fingerprint density at radius 2 is 2.19 bits per heavy atom. The maximum Gasteiger partial charge on any atom is 0.307 e. The third-order valence-corrected chi connectivity index (χ3v) is 3.76. The van der Waals surface area contributed by atoms with Crippen molar-refractivity contribution in [2.75, 3.05) is 6.54 Å². The van der Waals surface area contributed by atoms with Crippen LogP contribution in [0.1, 0.15) is 51.9 Å². The van der Waals surface area contributed by atoms with Crippen molar-refractivity contribution >= 4 is 5.97 Å². The van der Waals surface area contributed by atoms with Crippen molar-refractivity contribution < 1.29 is 9.53 Å². The molecule has 0 bridgehead atoms. The van der Waals surface area contributed by atoms with Gasteiger partial charge >= 0.3 is 5.97 Å². The Hall–Kier alpha value is -0.570. The Labute approximate surface area is 97.9 Å². The topological polar surface area (TPSA) is 38.3 Å². The van der Waals surface area contributed by atoms with Crippen LogP contribution in [0, 0.1) is 5.92 Å². The molecule has 16 heavy (non-hydrogen) atoms. The van der Waals surface area contributed by atoms with E-state index in [2.05, 4.69) is 12.2 Å². The minimum absolute atomic E-state index is 0.00139. The van der Waals surface area contributed by atoms with Gasteiger partial charge in [-0.15, -0.1) is 0 Å². The van der Waals surface area contributed by atoms with E-state index in [4.69, 9.17) is 4.74 Å². The SMILES string of the molecule is CC1CCCC(OC(=O)CC2CCCN2)C1. The Bertz CT molecular complexity index is 236. The third-order valence-electron chi connectivity index (χ3n) is 3.76. The van der Waals surface area contributed by atoms with Crippen molar-refractivity contribution in [1.29, 1.82) is 0 Å². The first-order chi connectivity index (χ1) is 7.74. The summed E-state index contributed by atoms with van der Waals surface area (Å²) >= 11 is 0. The predicted octanol–water partition coefficient (Wildman–Crippen LogP) is 2.25. The number of hydrogen-bond acceptors (Lipinski definition) is 3. The highest BCUT2D eigenvalue weighted by Gasteiger charge is 2.24. The summed E-state index contributed by atoms with van der Waals surface area (Å²) in [7, 11) is 0. The van der Waals surface area contributed by atoms with Crippen LogP contribution in [0.25, 0.3) is 0 Å². The number of carbonyl (C=O) groups excluding carboxylic acids is 1. The van der Waals surface area contributed by atoms with Crippen molar-refractivity contribution in [2.45, 2.75) is 64.0 Å². The van der Waals surface area contributed by atoms with Gasteiger partial charge < -0.3 is 10.1 Å². The van der Waals surface area contributed by atoms with E-state index in [-0.39, 0.29) is 12.1 Å². The van der Waals surface area contributed by atoms with E-state index >= 15 is 0 Å². The molecule has 3 heteroatoms. The van der Waals surface area contributed by atoms with Gasteiger partial charge in [-0.1, -0.05) is 13.3 Å². The average molecular weight is 225 g/mol. The van der Waals surface area contributed by atoms with Crippen LogP contribution >= 0.6 is 0 Å². The van der Waals surface area contributed by atoms with Gasteiger partial charge in [0.25, 0.3) is 0 Å². The number of hydrogen-bond donors (Lipinski definition) is 1. The van der Waals surface area contributed by atoms with Crippen LogP contribution in [0.3, 0.4) is 0 Å². The molecule has 1 saturated carbocycles. The highest BCUT2D eigenvalue weighted by atomic mass is 16.5. The average Bonchev–Trinajstić information content (AvgIpc) is 2.70. The molecule has 1 N–H and O–H groups in total. The highest BCUT2D eigenvalue weighted by Crippen LogP contribution is 2.26. The van der Waals surface area contributed by atoms with Gasteiger partial charge in [0.2, 0.25) is 0 Å². The molecule has 1 aliphatic carbocycles. The molecule has 3 nitrogen and oxygen atoms in total. The molecule has 3 atom stereocenters.